The number of aromatic amines is 1. The number of carbonyl (C=O) groups excluding carboxylic acids is 1. The van der Waals surface area contributed by atoms with E-state index in [-0.39, 0.29) is 0 Å². The second-order valence-corrected chi connectivity index (χ2v) is 5.13. The van der Waals surface area contributed by atoms with Gasteiger partial charge in [0.2, 0.25) is 0 Å². The number of carbonyl (C=O) groups is 1. The number of hydrogen-bond donors (Lipinski definition) is 1. The standard InChI is InChI=1S/C14H12N4O2S/c1-2-20-10-3-4-11-12(5-10)18-14(17-11)21-13-15-6-9(8-19)7-16-13/h3-8H,2H2,1H3,(H,17,18). The van der Waals surface area contributed by atoms with Gasteiger partial charge in [-0.15, -0.1) is 0 Å². The lowest BCUT2D eigenvalue weighted by molar-refractivity contribution is 0.112. The van der Waals surface area contributed by atoms with Gasteiger partial charge in [0.1, 0.15) is 5.75 Å². The number of imidazole rings is 1. The highest BCUT2D eigenvalue weighted by Crippen LogP contribution is 2.26. The first-order valence-corrected chi connectivity index (χ1v) is 7.18. The van der Waals surface area contributed by atoms with Crippen LogP contribution in [0.2, 0.25) is 0 Å². The van der Waals surface area contributed by atoms with E-state index >= 15 is 0 Å². The summed E-state index contributed by atoms with van der Waals surface area (Å²) in [7, 11) is 0. The van der Waals surface area contributed by atoms with Crippen LogP contribution in [-0.2, 0) is 0 Å². The monoisotopic (exact) mass is 300 g/mol. The smallest absolute Gasteiger partial charge is 0.195 e. The van der Waals surface area contributed by atoms with Crippen molar-refractivity contribution in [2.24, 2.45) is 0 Å². The molecular formula is C14H12N4O2S. The summed E-state index contributed by atoms with van der Waals surface area (Å²) in [5.74, 6) is 0.803. The van der Waals surface area contributed by atoms with E-state index in [0.29, 0.717) is 28.8 Å². The fourth-order valence-electron chi connectivity index (χ4n) is 1.80. The van der Waals surface area contributed by atoms with Crippen LogP contribution in [-0.4, -0.2) is 32.8 Å². The summed E-state index contributed by atoms with van der Waals surface area (Å²) in [6, 6.07) is 5.69. The third-order valence-corrected chi connectivity index (χ3v) is 3.49. The fourth-order valence-corrected chi connectivity index (χ4v) is 2.49. The zero-order valence-corrected chi connectivity index (χ0v) is 12.1. The van der Waals surface area contributed by atoms with Gasteiger partial charge in [-0.3, -0.25) is 4.79 Å². The van der Waals surface area contributed by atoms with Crippen molar-refractivity contribution in [2.45, 2.75) is 17.2 Å². The predicted octanol–water partition coefficient (Wildman–Crippen LogP) is 2.72. The van der Waals surface area contributed by atoms with Crippen LogP contribution in [0.1, 0.15) is 17.3 Å². The van der Waals surface area contributed by atoms with E-state index in [1.54, 1.807) is 0 Å². The van der Waals surface area contributed by atoms with Crippen molar-refractivity contribution in [2.75, 3.05) is 6.61 Å². The van der Waals surface area contributed by atoms with Gasteiger partial charge in [-0.2, -0.15) is 0 Å². The Morgan fingerprint density at radius 2 is 2.14 bits per heavy atom. The molecule has 0 amide bonds. The molecule has 1 N–H and O–H groups in total. The van der Waals surface area contributed by atoms with E-state index in [0.717, 1.165) is 16.8 Å². The first-order valence-electron chi connectivity index (χ1n) is 6.36. The maximum atomic E-state index is 10.6. The van der Waals surface area contributed by atoms with Crippen molar-refractivity contribution in [1.82, 2.24) is 19.9 Å². The van der Waals surface area contributed by atoms with Crippen molar-refractivity contribution >= 4 is 29.1 Å². The molecule has 0 radical (unpaired) electrons. The van der Waals surface area contributed by atoms with Gasteiger partial charge in [0, 0.05) is 18.5 Å². The predicted molar refractivity (Wildman–Crippen MR) is 78.8 cm³/mol. The third-order valence-electron chi connectivity index (χ3n) is 2.71. The molecule has 0 aliphatic carbocycles. The zero-order valence-electron chi connectivity index (χ0n) is 11.2. The van der Waals surface area contributed by atoms with Gasteiger partial charge < -0.3 is 9.72 Å². The molecule has 21 heavy (non-hydrogen) atoms. The Bertz CT molecular complexity index is 770. The Kier molecular flexibility index (Phi) is 3.83. The molecule has 1 aromatic carbocycles. The molecule has 0 unspecified atom stereocenters. The van der Waals surface area contributed by atoms with Crippen molar-refractivity contribution in [3.63, 3.8) is 0 Å². The van der Waals surface area contributed by atoms with E-state index in [4.69, 9.17) is 4.74 Å². The van der Waals surface area contributed by atoms with Crippen LogP contribution in [0.25, 0.3) is 11.0 Å². The lowest BCUT2D eigenvalue weighted by atomic mass is 10.3. The molecule has 3 aromatic rings. The number of rotatable bonds is 5. The third kappa shape index (κ3) is 3.03. The quantitative estimate of drug-likeness (QED) is 0.576. The highest BCUT2D eigenvalue weighted by molar-refractivity contribution is 7.99. The van der Waals surface area contributed by atoms with Crippen LogP contribution >= 0.6 is 11.8 Å². The van der Waals surface area contributed by atoms with Crippen LogP contribution in [0.5, 0.6) is 5.75 Å². The summed E-state index contributed by atoms with van der Waals surface area (Å²) in [6.07, 6.45) is 3.68. The summed E-state index contributed by atoms with van der Waals surface area (Å²) in [5, 5.41) is 1.22. The molecule has 106 valence electrons. The molecule has 0 fully saturated rings. The largest absolute Gasteiger partial charge is 0.494 e. The number of nitrogens with zero attached hydrogens (tertiary/aromatic N) is 3. The molecule has 2 heterocycles. The number of aldehydes is 1. The number of nitrogens with one attached hydrogen (secondary N) is 1. The Morgan fingerprint density at radius 1 is 1.33 bits per heavy atom. The number of hydrogen-bond acceptors (Lipinski definition) is 6. The molecule has 0 atom stereocenters. The molecule has 0 spiro atoms. The van der Waals surface area contributed by atoms with Gasteiger partial charge in [0.05, 0.1) is 23.2 Å². The molecule has 0 aliphatic rings. The Hall–Kier alpha value is -2.41. The van der Waals surface area contributed by atoms with Gasteiger partial charge in [0.25, 0.3) is 0 Å². The van der Waals surface area contributed by atoms with Crippen LogP contribution in [0, 0.1) is 0 Å². The minimum Gasteiger partial charge on any atom is -0.494 e. The van der Waals surface area contributed by atoms with E-state index in [9.17, 15) is 4.79 Å². The van der Waals surface area contributed by atoms with Crippen LogP contribution < -0.4 is 4.74 Å². The number of fused-ring (bicyclic) bond motifs is 1. The normalized spacial score (nSPS) is 10.7. The van der Waals surface area contributed by atoms with Gasteiger partial charge >= 0.3 is 0 Å². The molecule has 3 rings (SSSR count). The average Bonchev–Trinajstić information content (AvgIpc) is 2.90. The Labute approximate surface area is 125 Å². The van der Waals surface area contributed by atoms with Crippen LogP contribution in [0.3, 0.4) is 0 Å². The highest BCUT2D eigenvalue weighted by Gasteiger charge is 2.07. The van der Waals surface area contributed by atoms with Crippen molar-refractivity contribution < 1.29 is 9.53 Å². The second kappa shape index (κ2) is 5.92. The number of H-pyrrole nitrogens is 1. The Morgan fingerprint density at radius 3 is 2.86 bits per heavy atom. The number of benzene rings is 1. The summed E-state index contributed by atoms with van der Waals surface area (Å²) in [5.41, 5.74) is 2.20. The molecule has 6 nitrogen and oxygen atoms in total. The van der Waals surface area contributed by atoms with Crippen molar-refractivity contribution in [1.29, 1.82) is 0 Å². The first kappa shape index (κ1) is 13.6. The van der Waals surface area contributed by atoms with Gasteiger partial charge in [-0.05, 0) is 30.8 Å². The molecule has 0 saturated heterocycles. The SMILES string of the molecule is CCOc1ccc2nc(Sc3ncc(C=O)cn3)[nH]c2c1. The second-order valence-electron chi connectivity index (χ2n) is 4.17. The molecule has 0 aliphatic heterocycles. The topological polar surface area (TPSA) is 80.8 Å². The fraction of sp³-hybridized carbons (Fsp3) is 0.143. The lowest BCUT2D eigenvalue weighted by Gasteiger charge is -2.00. The lowest BCUT2D eigenvalue weighted by Crippen LogP contribution is -1.90. The van der Waals surface area contributed by atoms with Crippen molar-refractivity contribution in [3.05, 3.63) is 36.2 Å². The number of ether oxygens (including phenoxy) is 1. The maximum absolute atomic E-state index is 10.6. The highest BCUT2D eigenvalue weighted by atomic mass is 32.2. The zero-order chi connectivity index (χ0) is 14.7. The van der Waals surface area contributed by atoms with E-state index in [2.05, 4.69) is 19.9 Å². The van der Waals surface area contributed by atoms with Crippen molar-refractivity contribution in [3.8, 4) is 5.75 Å². The summed E-state index contributed by atoms with van der Waals surface area (Å²) < 4.78 is 5.45. The molecule has 2 aromatic heterocycles. The maximum Gasteiger partial charge on any atom is 0.195 e. The summed E-state index contributed by atoms with van der Waals surface area (Å²) >= 11 is 1.31. The first-order chi connectivity index (χ1) is 10.3. The van der Waals surface area contributed by atoms with Crippen LogP contribution in [0.15, 0.2) is 40.9 Å². The molecular weight excluding hydrogens is 288 g/mol. The average molecular weight is 300 g/mol. The summed E-state index contributed by atoms with van der Waals surface area (Å²) in [6.45, 7) is 2.57. The summed E-state index contributed by atoms with van der Waals surface area (Å²) in [4.78, 5) is 26.4. The van der Waals surface area contributed by atoms with Gasteiger partial charge in [-0.25, -0.2) is 15.0 Å². The van der Waals surface area contributed by atoms with Crippen LogP contribution in [0.4, 0.5) is 0 Å². The van der Waals surface area contributed by atoms with Gasteiger partial charge in [-0.1, -0.05) is 0 Å². The minimum atomic E-state index is 0.449. The molecule has 7 heteroatoms. The Balaban J connectivity index is 1.84. The molecule has 0 saturated carbocycles. The number of aromatic nitrogens is 4. The van der Waals surface area contributed by atoms with E-state index in [1.807, 2.05) is 25.1 Å². The van der Waals surface area contributed by atoms with Gasteiger partial charge in [0.15, 0.2) is 16.6 Å². The van der Waals surface area contributed by atoms with E-state index in [1.165, 1.54) is 24.2 Å². The molecule has 0 bridgehead atoms. The van der Waals surface area contributed by atoms with E-state index < -0.39 is 0 Å². The minimum absolute atomic E-state index is 0.449.